The van der Waals surface area contributed by atoms with E-state index in [0.29, 0.717) is 0 Å². The highest BCUT2D eigenvalue weighted by atomic mass is 16.5. The lowest BCUT2D eigenvalue weighted by Gasteiger charge is -2.33. The second-order valence-electron chi connectivity index (χ2n) is 4.60. The Hall–Kier alpha value is -0.870. The van der Waals surface area contributed by atoms with Gasteiger partial charge in [-0.05, 0) is 39.8 Å². The topological polar surface area (TPSA) is 39.1 Å². The van der Waals surface area contributed by atoms with Crippen LogP contribution < -0.4 is 5.32 Å². The fourth-order valence-corrected chi connectivity index (χ4v) is 1.98. The van der Waals surface area contributed by atoms with Gasteiger partial charge in [0.15, 0.2) is 0 Å². The summed E-state index contributed by atoms with van der Waals surface area (Å²) in [6.45, 7) is 7.00. The molecule has 0 saturated heterocycles. The maximum atomic E-state index is 5.77. The lowest BCUT2D eigenvalue weighted by molar-refractivity contribution is -0.0363. The Balaban J connectivity index is 2.68. The first kappa shape index (κ1) is 13.2. The minimum atomic E-state index is -0.167. The number of aryl methyl sites for hydroxylation is 1. The van der Waals surface area contributed by atoms with E-state index in [9.17, 15) is 0 Å². The molecule has 1 aromatic rings. The summed E-state index contributed by atoms with van der Waals surface area (Å²) in [6, 6.07) is 0.289. The summed E-state index contributed by atoms with van der Waals surface area (Å²) < 4.78 is 7.60. The van der Waals surface area contributed by atoms with Crippen molar-refractivity contribution in [3.8, 4) is 0 Å². The maximum absolute atomic E-state index is 5.77. The van der Waals surface area contributed by atoms with Crippen LogP contribution in [0.15, 0.2) is 12.4 Å². The Morgan fingerprint density at radius 1 is 1.56 bits per heavy atom. The van der Waals surface area contributed by atoms with Crippen LogP contribution in [-0.2, 0) is 18.2 Å². The zero-order valence-corrected chi connectivity index (χ0v) is 10.9. The summed E-state index contributed by atoms with van der Waals surface area (Å²) in [7, 11) is 3.91. The molecule has 0 radical (unpaired) electrons. The van der Waals surface area contributed by atoms with Crippen molar-refractivity contribution >= 4 is 0 Å². The summed E-state index contributed by atoms with van der Waals surface area (Å²) in [4.78, 5) is 0. The Labute approximate surface area is 98.0 Å². The van der Waals surface area contributed by atoms with E-state index in [4.69, 9.17) is 4.74 Å². The Bertz CT molecular complexity index is 320. The van der Waals surface area contributed by atoms with Crippen molar-refractivity contribution < 1.29 is 4.74 Å². The summed E-state index contributed by atoms with van der Waals surface area (Å²) in [5.74, 6) is 0. The van der Waals surface area contributed by atoms with Gasteiger partial charge in [0.05, 0.1) is 11.8 Å². The molecule has 1 atom stereocenters. The summed E-state index contributed by atoms with van der Waals surface area (Å²) >= 11 is 0. The van der Waals surface area contributed by atoms with Crippen LogP contribution in [0.1, 0.15) is 26.3 Å². The van der Waals surface area contributed by atoms with Crippen molar-refractivity contribution in [2.24, 2.45) is 7.05 Å². The molecule has 1 unspecified atom stereocenters. The Morgan fingerprint density at radius 3 is 2.69 bits per heavy atom. The first-order valence-electron chi connectivity index (χ1n) is 5.78. The minimum Gasteiger partial charge on any atom is -0.374 e. The zero-order valence-electron chi connectivity index (χ0n) is 10.9. The summed E-state index contributed by atoms with van der Waals surface area (Å²) in [6.07, 6.45) is 4.88. The van der Waals surface area contributed by atoms with Gasteiger partial charge < -0.3 is 10.1 Å². The highest BCUT2D eigenvalue weighted by Gasteiger charge is 2.29. The molecule has 4 heteroatoms. The standard InChI is InChI=1S/C12H23N3O/c1-6-16-12(2,3)11(13-4)7-10-8-14-15(5)9-10/h8-9,11,13H,6-7H2,1-5H3. The second-order valence-corrected chi connectivity index (χ2v) is 4.60. The molecule has 0 saturated carbocycles. The molecule has 4 nitrogen and oxygen atoms in total. The van der Waals surface area contributed by atoms with Gasteiger partial charge in [-0.15, -0.1) is 0 Å². The first-order valence-corrected chi connectivity index (χ1v) is 5.78. The average molecular weight is 225 g/mol. The third-order valence-corrected chi connectivity index (χ3v) is 2.90. The van der Waals surface area contributed by atoms with Gasteiger partial charge in [0.25, 0.3) is 0 Å². The molecule has 1 heterocycles. The van der Waals surface area contributed by atoms with Gasteiger partial charge in [-0.2, -0.15) is 5.10 Å². The van der Waals surface area contributed by atoms with Crippen LogP contribution in [0.3, 0.4) is 0 Å². The third kappa shape index (κ3) is 3.32. The molecule has 0 aliphatic carbocycles. The second kappa shape index (κ2) is 5.46. The maximum Gasteiger partial charge on any atom is 0.0781 e. The highest BCUT2D eigenvalue weighted by molar-refractivity contribution is 5.08. The van der Waals surface area contributed by atoms with Crippen molar-refractivity contribution in [1.82, 2.24) is 15.1 Å². The molecule has 16 heavy (non-hydrogen) atoms. The zero-order chi connectivity index (χ0) is 12.2. The molecule has 0 aromatic carbocycles. The van der Waals surface area contributed by atoms with Crippen LogP contribution in [0, 0.1) is 0 Å². The van der Waals surface area contributed by atoms with Gasteiger partial charge in [-0.25, -0.2) is 0 Å². The smallest absolute Gasteiger partial charge is 0.0781 e. The van der Waals surface area contributed by atoms with Crippen molar-refractivity contribution in [3.05, 3.63) is 18.0 Å². The molecule has 92 valence electrons. The third-order valence-electron chi connectivity index (χ3n) is 2.90. The number of aromatic nitrogens is 2. The largest absolute Gasteiger partial charge is 0.374 e. The normalized spacial score (nSPS) is 14.1. The molecule has 0 aliphatic rings. The summed E-state index contributed by atoms with van der Waals surface area (Å²) in [5.41, 5.74) is 1.06. The number of rotatable bonds is 6. The fraction of sp³-hybridized carbons (Fsp3) is 0.750. The van der Waals surface area contributed by atoms with E-state index in [1.54, 1.807) is 0 Å². The first-order chi connectivity index (χ1) is 7.49. The van der Waals surface area contributed by atoms with Crippen molar-refractivity contribution in [2.45, 2.75) is 38.8 Å². The molecule has 1 N–H and O–H groups in total. The van der Waals surface area contributed by atoms with Crippen LogP contribution in [0.2, 0.25) is 0 Å². The van der Waals surface area contributed by atoms with Crippen LogP contribution in [0.4, 0.5) is 0 Å². The quantitative estimate of drug-likeness (QED) is 0.794. The molecule has 0 fully saturated rings. The number of nitrogens with zero attached hydrogens (tertiary/aromatic N) is 2. The molecule has 0 amide bonds. The SMILES string of the molecule is CCOC(C)(C)C(Cc1cnn(C)c1)NC. The number of likely N-dealkylation sites (N-methyl/N-ethyl adjacent to an activating group) is 1. The van der Waals surface area contributed by atoms with E-state index in [1.165, 1.54) is 5.56 Å². The van der Waals surface area contributed by atoms with Gasteiger partial charge in [0.1, 0.15) is 0 Å². The van der Waals surface area contributed by atoms with Crippen LogP contribution in [-0.4, -0.2) is 35.1 Å². The lowest BCUT2D eigenvalue weighted by atomic mass is 9.93. The Kier molecular flexibility index (Phi) is 4.50. The van der Waals surface area contributed by atoms with E-state index >= 15 is 0 Å². The number of nitrogens with one attached hydrogen (secondary N) is 1. The average Bonchev–Trinajstić information content (AvgIpc) is 2.60. The van der Waals surface area contributed by atoms with E-state index in [2.05, 4.69) is 24.3 Å². The minimum absolute atomic E-state index is 0.167. The predicted molar refractivity (Wildman–Crippen MR) is 65.5 cm³/mol. The highest BCUT2D eigenvalue weighted by Crippen LogP contribution is 2.18. The van der Waals surface area contributed by atoms with Crippen molar-refractivity contribution in [1.29, 1.82) is 0 Å². The van der Waals surface area contributed by atoms with Crippen molar-refractivity contribution in [3.63, 3.8) is 0 Å². The molecular formula is C12H23N3O. The molecule has 0 aliphatic heterocycles. The number of ether oxygens (including phenoxy) is 1. The van der Waals surface area contributed by atoms with E-state index in [-0.39, 0.29) is 11.6 Å². The number of hydrogen-bond donors (Lipinski definition) is 1. The molecule has 1 rings (SSSR count). The van der Waals surface area contributed by atoms with E-state index < -0.39 is 0 Å². The molecule has 0 bridgehead atoms. The lowest BCUT2D eigenvalue weighted by Crippen LogP contribution is -2.48. The Morgan fingerprint density at radius 2 is 2.25 bits per heavy atom. The van der Waals surface area contributed by atoms with E-state index in [1.807, 2.05) is 38.1 Å². The van der Waals surface area contributed by atoms with Gasteiger partial charge in [0, 0.05) is 25.9 Å². The van der Waals surface area contributed by atoms with Gasteiger partial charge in [0.2, 0.25) is 0 Å². The van der Waals surface area contributed by atoms with Crippen molar-refractivity contribution in [2.75, 3.05) is 13.7 Å². The van der Waals surface area contributed by atoms with Gasteiger partial charge in [-0.3, -0.25) is 4.68 Å². The van der Waals surface area contributed by atoms with Gasteiger partial charge in [-0.1, -0.05) is 0 Å². The van der Waals surface area contributed by atoms with Crippen LogP contribution in [0.25, 0.3) is 0 Å². The predicted octanol–water partition coefficient (Wildman–Crippen LogP) is 1.37. The monoisotopic (exact) mass is 225 g/mol. The molecule has 0 spiro atoms. The molecule has 1 aromatic heterocycles. The number of hydrogen-bond acceptors (Lipinski definition) is 3. The fourth-order valence-electron chi connectivity index (χ4n) is 1.98. The molecular weight excluding hydrogens is 202 g/mol. The van der Waals surface area contributed by atoms with E-state index in [0.717, 1.165) is 13.0 Å². The van der Waals surface area contributed by atoms with Crippen LogP contribution in [0.5, 0.6) is 0 Å². The van der Waals surface area contributed by atoms with Gasteiger partial charge >= 0.3 is 0 Å². The summed E-state index contributed by atoms with van der Waals surface area (Å²) in [5, 5.41) is 7.50. The van der Waals surface area contributed by atoms with Crippen LogP contribution >= 0.6 is 0 Å².